The Kier molecular flexibility index (Phi) is 2.96. The third-order valence-electron chi connectivity index (χ3n) is 2.96. The lowest BCUT2D eigenvalue weighted by Crippen LogP contribution is -2.25. The summed E-state index contributed by atoms with van der Waals surface area (Å²) in [5.74, 6) is 0.990. The molecule has 90 valence electrons. The summed E-state index contributed by atoms with van der Waals surface area (Å²) in [5.41, 5.74) is 1.32. The molecule has 0 bridgehead atoms. The molecule has 0 spiro atoms. The van der Waals surface area contributed by atoms with E-state index in [0.717, 1.165) is 19.0 Å². The van der Waals surface area contributed by atoms with Gasteiger partial charge in [0.05, 0.1) is 6.67 Å². The second-order valence-electron chi connectivity index (χ2n) is 4.33. The molecule has 2 heterocycles. The standard InChI is InChI=1S/C15H15N3/c1-2-6-14(7-3-1)12-17-10-11-18(13-17)15-8-4-5-9-16-15/h1-11H,12-13H2. The first-order chi connectivity index (χ1) is 8.92. The largest absolute Gasteiger partial charge is 0.354 e. The van der Waals surface area contributed by atoms with E-state index in [1.807, 2.05) is 30.5 Å². The first-order valence-corrected chi connectivity index (χ1v) is 6.06. The molecular weight excluding hydrogens is 222 g/mol. The molecule has 1 aliphatic rings. The maximum atomic E-state index is 4.35. The summed E-state index contributed by atoms with van der Waals surface area (Å²) in [5, 5.41) is 0. The fraction of sp³-hybridized carbons (Fsp3) is 0.133. The Hall–Kier alpha value is -2.29. The Morgan fingerprint density at radius 3 is 2.56 bits per heavy atom. The van der Waals surface area contributed by atoms with Crippen LogP contribution in [0.5, 0.6) is 0 Å². The zero-order valence-electron chi connectivity index (χ0n) is 10.1. The number of aromatic nitrogens is 1. The van der Waals surface area contributed by atoms with Crippen LogP contribution in [0, 0.1) is 0 Å². The molecule has 1 aromatic carbocycles. The second kappa shape index (κ2) is 4.92. The van der Waals surface area contributed by atoms with Crippen LogP contribution in [0.4, 0.5) is 5.82 Å². The molecular formula is C15H15N3. The molecule has 0 unspecified atom stereocenters. The van der Waals surface area contributed by atoms with Crippen molar-refractivity contribution in [2.24, 2.45) is 0 Å². The molecule has 0 atom stereocenters. The third-order valence-corrected chi connectivity index (χ3v) is 2.96. The van der Waals surface area contributed by atoms with Gasteiger partial charge in [-0.15, -0.1) is 0 Å². The number of benzene rings is 1. The van der Waals surface area contributed by atoms with E-state index < -0.39 is 0 Å². The van der Waals surface area contributed by atoms with Gasteiger partial charge in [-0.2, -0.15) is 0 Å². The number of hydrogen-bond donors (Lipinski definition) is 0. The van der Waals surface area contributed by atoms with Crippen LogP contribution in [0.1, 0.15) is 5.56 Å². The molecule has 0 fully saturated rings. The van der Waals surface area contributed by atoms with Crippen LogP contribution in [0.3, 0.4) is 0 Å². The summed E-state index contributed by atoms with van der Waals surface area (Å²) in [6.45, 7) is 1.78. The number of nitrogens with zero attached hydrogens (tertiary/aromatic N) is 3. The van der Waals surface area contributed by atoms with Crippen LogP contribution < -0.4 is 4.90 Å². The Morgan fingerprint density at radius 1 is 0.944 bits per heavy atom. The molecule has 3 rings (SSSR count). The number of rotatable bonds is 3. The predicted octanol–water partition coefficient (Wildman–Crippen LogP) is 2.83. The third kappa shape index (κ3) is 2.35. The molecule has 2 aromatic rings. The van der Waals surface area contributed by atoms with Gasteiger partial charge in [0.25, 0.3) is 0 Å². The Morgan fingerprint density at radius 2 is 1.78 bits per heavy atom. The van der Waals surface area contributed by atoms with Crippen LogP contribution in [-0.2, 0) is 6.54 Å². The van der Waals surface area contributed by atoms with Gasteiger partial charge in [-0.3, -0.25) is 0 Å². The summed E-state index contributed by atoms with van der Waals surface area (Å²) in [6.07, 6.45) is 6.01. The fourth-order valence-electron chi connectivity index (χ4n) is 2.06. The minimum Gasteiger partial charge on any atom is -0.354 e. The zero-order chi connectivity index (χ0) is 12.2. The molecule has 0 saturated carbocycles. The summed E-state index contributed by atoms with van der Waals surface area (Å²) in [6, 6.07) is 16.5. The van der Waals surface area contributed by atoms with Crippen molar-refractivity contribution in [2.75, 3.05) is 11.6 Å². The summed E-state index contributed by atoms with van der Waals surface area (Å²) >= 11 is 0. The number of pyridine rings is 1. The van der Waals surface area contributed by atoms with Crippen LogP contribution in [0.2, 0.25) is 0 Å². The Balaban J connectivity index is 1.65. The van der Waals surface area contributed by atoms with E-state index in [1.165, 1.54) is 5.56 Å². The molecule has 0 amide bonds. The van der Waals surface area contributed by atoms with E-state index in [4.69, 9.17) is 0 Å². The van der Waals surface area contributed by atoms with E-state index in [1.54, 1.807) is 0 Å². The smallest absolute Gasteiger partial charge is 0.133 e. The van der Waals surface area contributed by atoms with Gasteiger partial charge in [-0.25, -0.2) is 4.98 Å². The van der Waals surface area contributed by atoms with E-state index >= 15 is 0 Å². The highest BCUT2D eigenvalue weighted by Gasteiger charge is 2.14. The van der Waals surface area contributed by atoms with Crippen LogP contribution >= 0.6 is 0 Å². The van der Waals surface area contributed by atoms with Crippen molar-refractivity contribution >= 4 is 5.82 Å². The highest BCUT2D eigenvalue weighted by Crippen LogP contribution is 2.17. The molecule has 1 aromatic heterocycles. The van der Waals surface area contributed by atoms with Gasteiger partial charge >= 0.3 is 0 Å². The molecule has 18 heavy (non-hydrogen) atoms. The number of anilines is 1. The van der Waals surface area contributed by atoms with Gasteiger partial charge < -0.3 is 9.80 Å². The molecule has 0 N–H and O–H groups in total. The van der Waals surface area contributed by atoms with Crippen molar-refractivity contribution in [3.05, 3.63) is 72.7 Å². The first kappa shape index (κ1) is 10.8. The Bertz CT molecular complexity index is 522. The summed E-state index contributed by atoms with van der Waals surface area (Å²) in [4.78, 5) is 8.76. The molecule has 3 heteroatoms. The van der Waals surface area contributed by atoms with Crippen LogP contribution in [0.25, 0.3) is 0 Å². The molecule has 3 nitrogen and oxygen atoms in total. The quantitative estimate of drug-likeness (QED) is 0.818. The summed E-state index contributed by atoms with van der Waals surface area (Å²) in [7, 11) is 0. The highest BCUT2D eigenvalue weighted by molar-refractivity contribution is 5.42. The maximum Gasteiger partial charge on any atom is 0.133 e. The van der Waals surface area contributed by atoms with Crippen molar-refractivity contribution in [2.45, 2.75) is 6.54 Å². The minimum atomic E-state index is 0.853. The number of hydrogen-bond acceptors (Lipinski definition) is 3. The van der Waals surface area contributed by atoms with Gasteiger partial charge in [0.1, 0.15) is 5.82 Å². The lowest BCUT2D eigenvalue weighted by Gasteiger charge is -2.20. The molecule has 0 radical (unpaired) electrons. The highest BCUT2D eigenvalue weighted by atomic mass is 15.4. The van der Waals surface area contributed by atoms with Gasteiger partial charge in [0, 0.05) is 25.1 Å². The first-order valence-electron chi connectivity index (χ1n) is 6.06. The van der Waals surface area contributed by atoms with Gasteiger partial charge in [-0.1, -0.05) is 36.4 Å². The average molecular weight is 237 g/mol. The fourth-order valence-corrected chi connectivity index (χ4v) is 2.06. The lowest BCUT2D eigenvalue weighted by molar-refractivity contribution is 0.399. The van der Waals surface area contributed by atoms with E-state index in [9.17, 15) is 0 Å². The van der Waals surface area contributed by atoms with E-state index in [0.29, 0.717) is 0 Å². The lowest BCUT2D eigenvalue weighted by atomic mass is 10.2. The second-order valence-corrected chi connectivity index (χ2v) is 4.33. The van der Waals surface area contributed by atoms with Crippen molar-refractivity contribution in [1.29, 1.82) is 0 Å². The van der Waals surface area contributed by atoms with Crippen molar-refractivity contribution < 1.29 is 0 Å². The monoisotopic (exact) mass is 237 g/mol. The zero-order valence-corrected chi connectivity index (χ0v) is 10.1. The van der Waals surface area contributed by atoms with Crippen molar-refractivity contribution in [3.63, 3.8) is 0 Å². The molecule has 1 aliphatic heterocycles. The predicted molar refractivity (Wildman–Crippen MR) is 72.7 cm³/mol. The van der Waals surface area contributed by atoms with Gasteiger partial charge in [0.15, 0.2) is 0 Å². The summed E-state index contributed by atoms with van der Waals surface area (Å²) < 4.78 is 0. The average Bonchev–Trinajstić information content (AvgIpc) is 2.89. The normalized spacial score (nSPS) is 14.2. The van der Waals surface area contributed by atoms with Crippen molar-refractivity contribution in [1.82, 2.24) is 9.88 Å². The minimum absolute atomic E-state index is 0.853. The SMILES string of the molecule is C1=CN(c2ccccn2)CN1Cc1ccccc1. The van der Waals surface area contributed by atoms with Gasteiger partial charge in [0.2, 0.25) is 0 Å². The maximum absolute atomic E-state index is 4.35. The molecule has 0 aliphatic carbocycles. The van der Waals surface area contributed by atoms with Crippen molar-refractivity contribution in [3.8, 4) is 0 Å². The van der Waals surface area contributed by atoms with Crippen LogP contribution in [-0.4, -0.2) is 16.6 Å². The molecule has 0 saturated heterocycles. The Labute approximate surface area is 107 Å². The van der Waals surface area contributed by atoms with Gasteiger partial charge in [-0.05, 0) is 17.7 Å². The topological polar surface area (TPSA) is 19.4 Å². The van der Waals surface area contributed by atoms with Crippen LogP contribution in [0.15, 0.2) is 67.1 Å². The van der Waals surface area contributed by atoms with E-state index in [2.05, 4.69) is 51.4 Å². The van der Waals surface area contributed by atoms with E-state index in [-0.39, 0.29) is 0 Å².